The summed E-state index contributed by atoms with van der Waals surface area (Å²) in [5.74, 6) is 0. The molecule has 0 aliphatic carbocycles. The normalized spacial score (nSPS) is 10.7. The average Bonchev–Trinajstić information content (AvgIpc) is 2.98. The first-order chi connectivity index (χ1) is 10.4. The molecule has 0 amide bonds. The van der Waals surface area contributed by atoms with Crippen LogP contribution in [0.4, 0.5) is 0 Å². The van der Waals surface area contributed by atoms with Gasteiger partial charge in [-0.1, -0.05) is 30.3 Å². The van der Waals surface area contributed by atoms with Crippen LogP contribution in [0.3, 0.4) is 0 Å². The van der Waals surface area contributed by atoms with Gasteiger partial charge in [-0.05, 0) is 59.1 Å². The van der Waals surface area contributed by atoms with Gasteiger partial charge in [-0.25, -0.2) is 0 Å². The summed E-state index contributed by atoms with van der Waals surface area (Å²) in [5, 5.41) is 15.8. The Kier molecular flexibility index (Phi) is 4.28. The predicted octanol–water partition coefficient (Wildman–Crippen LogP) is 2.53. The van der Waals surface area contributed by atoms with E-state index in [1.54, 1.807) is 16.4 Å². The van der Waals surface area contributed by atoms with Gasteiger partial charge in [0, 0.05) is 11.4 Å². The molecule has 3 aromatic rings. The molecule has 0 radical (unpaired) electrons. The molecule has 1 N–H and O–H groups in total. The van der Waals surface area contributed by atoms with Crippen molar-refractivity contribution in [3.63, 3.8) is 0 Å². The summed E-state index contributed by atoms with van der Waals surface area (Å²) >= 11 is 1.55. The van der Waals surface area contributed by atoms with Gasteiger partial charge in [-0.15, -0.1) is 5.10 Å². The maximum Gasteiger partial charge on any atom is 0.218 e. The van der Waals surface area contributed by atoms with Crippen LogP contribution >= 0.6 is 11.8 Å². The van der Waals surface area contributed by atoms with Crippen molar-refractivity contribution in [2.24, 2.45) is 0 Å². The molecule has 21 heavy (non-hydrogen) atoms. The lowest BCUT2D eigenvalue weighted by Crippen LogP contribution is -2.04. The minimum absolute atomic E-state index is 0.752. The van der Waals surface area contributed by atoms with Gasteiger partial charge in [0.15, 0.2) is 0 Å². The van der Waals surface area contributed by atoms with Crippen molar-refractivity contribution in [2.45, 2.75) is 16.6 Å². The first-order valence-electron chi connectivity index (χ1n) is 6.62. The number of rotatable bonds is 5. The van der Waals surface area contributed by atoms with Crippen LogP contribution in [0, 0.1) is 0 Å². The minimum Gasteiger partial charge on any atom is -0.316 e. The van der Waals surface area contributed by atoms with Crippen LogP contribution in [-0.2, 0) is 6.54 Å². The molecule has 3 rings (SSSR count). The number of hydrogen-bond donors (Lipinski definition) is 1. The van der Waals surface area contributed by atoms with Gasteiger partial charge in [-0.2, -0.15) is 4.68 Å². The van der Waals surface area contributed by atoms with Gasteiger partial charge in [0.1, 0.15) is 0 Å². The van der Waals surface area contributed by atoms with Crippen molar-refractivity contribution in [1.82, 2.24) is 25.5 Å². The second-order valence-corrected chi connectivity index (χ2v) is 5.53. The topological polar surface area (TPSA) is 55.6 Å². The number of para-hydroxylation sites is 1. The van der Waals surface area contributed by atoms with Crippen LogP contribution < -0.4 is 5.32 Å². The van der Waals surface area contributed by atoms with Gasteiger partial charge in [0.2, 0.25) is 5.16 Å². The second kappa shape index (κ2) is 6.51. The molecule has 1 heterocycles. The molecule has 0 spiro atoms. The zero-order valence-corrected chi connectivity index (χ0v) is 12.4. The number of tetrazole rings is 1. The van der Waals surface area contributed by atoms with Crippen LogP contribution in [0.1, 0.15) is 5.56 Å². The van der Waals surface area contributed by atoms with E-state index in [9.17, 15) is 0 Å². The summed E-state index contributed by atoms with van der Waals surface area (Å²) in [6.45, 7) is 0.868. The van der Waals surface area contributed by atoms with Gasteiger partial charge in [0.25, 0.3) is 0 Å². The van der Waals surface area contributed by atoms with E-state index in [4.69, 9.17) is 0 Å². The highest BCUT2D eigenvalue weighted by Crippen LogP contribution is 2.27. The zero-order chi connectivity index (χ0) is 14.5. The Morgan fingerprint density at radius 3 is 2.52 bits per heavy atom. The first kappa shape index (κ1) is 13.8. The number of nitrogens with one attached hydrogen (secondary N) is 1. The Morgan fingerprint density at radius 2 is 1.81 bits per heavy atom. The maximum atomic E-state index is 4.10. The van der Waals surface area contributed by atoms with Crippen molar-refractivity contribution < 1.29 is 0 Å². The molecule has 0 aliphatic heterocycles. The van der Waals surface area contributed by atoms with E-state index in [1.807, 2.05) is 37.4 Å². The first-order valence-corrected chi connectivity index (χ1v) is 7.43. The molecule has 0 fully saturated rings. The quantitative estimate of drug-likeness (QED) is 0.784. The number of hydrogen-bond acceptors (Lipinski definition) is 5. The number of nitrogens with zero attached hydrogens (tertiary/aromatic N) is 4. The summed E-state index contributed by atoms with van der Waals surface area (Å²) in [4.78, 5) is 1.11. The van der Waals surface area contributed by atoms with E-state index < -0.39 is 0 Å². The monoisotopic (exact) mass is 297 g/mol. The molecule has 0 bridgehead atoms. The lowest BCUT2D eigenvalue weighted by atomic mass is 10.2. The van der Waals surface area contributed by atoms with Crippen molar-refractivity contribution >= 4 is 11.8 Å². The summed E-state index contributed by atoms with van der Waals surface area (Å²) < 4.78 is 1.74. The van der Waals surface area contributed by atoms with Crippen LogP contribution in [0.5, 0.6) is 0 Å². The molecule has 0 saturated heterocycles. The number of benzene rings is 2. The molecule has 1 aromatic heterocycles. The summed E-state index contributed by atoms with van der Waals surface area (Å²) in [6, 6.07) is 18.3. The van der Waals surface area contributed by atoms with E-state index in [0.717, 1.165) is 22.3 Å². The van der Waals surface area contributed by atoms with Crippen molar-refractivity contribution in [3.05, 3.63) is 60.2 Å². The van der Waals surface area contributed by atoms with E-state index in [2.05, 4.69) is 45.1 Å². The third-order valence-electron chi connectivity index (χ3n) is 2.96. The Bertz CT molecular complexity index is 694. The molecule has 0 unspecified atom stereocenters. The van der Waals surface area contributed by atoms with Crippen molar-refractivity contribution in [2.75, 3.05) is 7.05 Å². The van der Waals surface area contributed by atoms with E-state index in [0.29, 0.717) is 0 Å². The van der Waals surface area contributed by atoms with Crippen LogP contribution in [0.25, 0.3) is 5.69 Å². The second-order valence-electron chi connectivity index (χ2n) is 4.49. The van der Waals surface area contributed by atoms with Gasteiger partial charge in [-0.3, -0.25) is 0 Å². The summed E-state index contributed by atoms with van der Waals surface area (Å²) in [5.41, 5.74) is 2.21. The molecule has 2 aromatic carbocycles. The smallest absolute Gasteiger partial charge is 0.218 e. The molecule has 106 valence electrons. The highest BCUT2D eigenvalue weighted by molar-refractivity contribution is 7.99. The molecular weight excluding hydrogens is 282 g/mol. The predicted molar refractivity (Wildman–Crippen MR) is 82.5 cm³/mol. The Hall–Kier alpha value is -2.18. The lowest BCUT2D eigenvalue weighted by molar-refractivity contribution is 0.756. The molecule has 6 heteroatoms. The largest absolute Gasteiger partial charge is 0.316 e. The maximum absolute atomic E-state index is 4.10. The fourth-order valence-corrected chi connectivity index (χ4v) is 2.75. The molecule has 0 saturated carbocycles. The van der Waals surface area contributed by atoms with Gasteiger partial charge in [0.05, 0.1) is 5.69 Å². The van der Waals surface area contributed by atoms with Crippen molar-refractivity contribution in [1.29, 1.82) is 0 Å². The number of aromatic nitrogens is 4. The summed E-state index contributed by atoms with van der Waals surface area (Å²) in [7, 11) is 1.94. The van der Waals surface area contributed by atoms with E-state index >= 15 is 0 Å². The standard InChI is InChI=1S/C15H15N5S/c1-16-11-12-7-9-14(10-8-12)21-15-17-18-19-20(15)13-5-3-2-4-6-13/h2-10,16H,11H2,1H3. The third-order valence-corrected chi connectivity index (χ3v) is 3.90. The third kappa shape index (κ3) is 3.29. The molecule has 0 atom stereocenters. The fourth-order valence-electron chi connectivity index (χ4n) is 1.96. The SMILES string of the molecule is CNCc1ccc(Sc2nnnn2-c2ccccc2)cc1. The molecular formula is C15H15N5S. The highest BCUT2D eigenvalue weighted by Gasteiger charge is 2.09. The van der Waals surface area contributed by atoms with Crippen LogP contribution in [0.15, 0.2) is 64.6 Å². The van der Waals surface area contributed by atoms with E-state index in [1.165, 1.54) is 5.56 Å². The summed E-state index contributed by atoms with van der Waals surface area (Å²) in [6.07, 6.45) is 0. The average molecular weight is 297 g/mol. The Morgan fingerprint density at radius 1 is 1.05 bits per heavy atom. The minimum atomic E-state index is 0.752. The lowest BCUT2D eigenvalue weighted by Gasteiger charge is -2.05. The Labute approximate surface area is 127 Å². The van der Waals surface area contributed by atoms with Crippen LogP contribution in [0.2, 0.25) is 0 Å². The van der Waals surface area contributed by atoms with Gasteiger partial charge >= 0.3 is 0 Å². The molecule has 5 nitrogen and oxygen atoms in total. The highest BCUT2D eigenvalue weighted by atomic mass is 32.2. The zero-order valence-electron chi connectivity index (χ0n) is 11.6. The Balaban J connectivity index is 1.81. The fraction of sp³-hybridized carbons (Fsp3) is 0.133. The van der Waals surface area contributed by atoms with E-state index in [-0.39, 0.29) is 0 Å². The van der Waals surface area contributed by atoms with Crippen molar-refractivity contribution in [3.8, 4) is 5.69 Å². The molecule has 0 aliphatic rings. The van der Waals surface area contributed by atoms with Crippen LogP contribution in [-0.4, -0.2) is 27.3 Å². The van der Waals surface area contributed by atoms with Gasteiger partial charge < -0.3 is 5.32 Å².